The molecule has 4 aromatic rings. The van der Waals surface area contributed by atoms with E-state index < -0.39 is 131 Å². The van der Waals surface area contributed by atoms with Crippen molar-refractivity contribution in [3.8, 4) is 35.3 Å². The zero-order valence-electron chi connectivity index (χ0n) is 42.7. The molecule has 0 spiro atoms. The number of nitrogens with one attached hydrogen (secondary N) is 3. The molecule has 3 atom stereocenters. The summed E-state index contributed by atoms with van der Waals surface area (Å²) < 4.78 is 35.2. The summed E-state index contributed by atoms with van der Waals surface area (Å²) in [5, 5.41) is 68.7. The minimum atomic E-state index is -1.47. The predicted octanol–water partition coefficient (Wildman–Crippen LogP) is 4.14. The Hall–Kier alpha value is -2.37. The largest absolute Gasteiger partial charge is 0.456 e. The first kappa shape index (κ1) is 74.1. The van der Waals surface area contributed by atoms with Crippen LogP contribution in [-0.2, 0) is 57.4 Å². The summed E-state index contributed by atoms with van der Waals surface area (Å²) in [6.07, 6.45) is -3.41. The lowest BCUT2D eigenvalue weighted by molar-refractivity contribution is -0.145. The second kappa shape index (κ2) is 35.1. The zero-order valence-corrected chi connectivity index (χ0v) is 62.1. The van der Waals surface area contributed by atoms with E-state index in [1.807, 2.05) is 67.8 Å². The molecule has 0 bridgehead atoms. The number of carbonyl (C=O) groups is 9. The van der Waals surface area contributed by atoms with Crippen LogP contribution in [0.15, 0.2) is 0 Å². The van der Waals surface area contributed by atoms with Gasteiger partial charge in [0.25, 0.3) is 17.7 Å². The van der Waals surface area contributed by atoms with Crippen molar-refractivity contribution in [1.82, 2.24) is 15.0 Å². The summed E-state index contributed by atoms with van der Waals surface area (Å²) in [5.74, 6) is -5.48. The fourth-order valence-electron chi connectivity index (χ4n) is 6.41. The molecule has 0 saturated carbocycles. The van der Waals surface area contributed by atoms with E-state index in [-0.39, 0.29) is 83.5 Å². The SMILES string of the molecule is CC(=O)OCC(=O)Nc1c(I)c(Oc2nc(Oc3c(I)c(NC(=O)COC(C)=O)c(I)c(N(C=O)CC(O)CO)c3I)nc(Oc3c(I)c(NC(=O)COC(C)=O)c(I)c(N(C=O)CC(O)CO)c3I)n2)c(I)c(N(C=O)CC(O)CO)c1I. The normalized spacial score (nSPS) is 11.9. The summed E-state index contributed by atoms with van der Waals surface area (Å²) >= 11 is 16.3. The van der Waals surface area contributed by atoms with Crippen molar-refractivity contribution in [2.75, 3.05) is 89.9 Å². The number of nitrogens with zero attached hydrogens (tertiary/aromatic N) is 6. The molecule has 4 rings (SSSR count). The lowest BCUT2D eigenvalue weighted by Crippen LogP contribution is -2.35. The number of esters is 3. The van der Waals surface area contributed by atoms with Gasteiger partial charge >= 0.3 is 35.9 Å². The molecule has 0 fully saturated rings. The molecule has 30 nitrogen and oxygen atoms in total. The van der Waals surface area contributed by atoms with Crippen molar-refractivity contribution in [3.05, 3.63) is 32.1 Å². The number of anilines is 6. The van der Waals surface area contributed by atoms with Gasteiger partial charge in [-0.2, -0.15) is 0 Å². The molecule has 9 N–H and O–H groups in total. The number of aliphatic hydroxyl groups is 6. The number of amides is 6. The Morgan fingerprint density at radius 1 is 0.429 bits per heavy atom. The fourth-order valence-corrected chi connectivity index (χ4v) is 19.2. The molecule has 1 aromatic heterocycles. The van der Waals surface area contributed by atoms with Crippen molar-refractivity contribution in [1.29, 1.82) is 0 Å². The van der Waals surface area contributed by atoms with Crippen LogP contribution in [0.1, 0.15) is 20.8 Å². The molecule has 3 unspecified atom stereocenters. The smallest absolute Gasteiger partial charge is 0.331 e. The predicted molar refractivity (Wildman–Crippen MR) is 369 cm³/mol. The van der Waals surface area contributed by atoms with Gasteiger partial charge < -0.3 is 89.7 Å². The Morgan fingerprint density at radius 2 is 0.655 bits per heavy atom. The maximum absolute atomic E-state index is 13.3. The van der Waals surface area contributed by atoms with Gasteiger partial charge in [-0.3, -0.25) is 43.2 Å². The minimum absolute atomic E-state index is 0.00797. The third kappa shape index (κ3) is 20.1. The van der Waals surface area contributed by atoms with Gasteiger partial charge in [0.1, 0.15) is 0 Å². The van der Waals surface area contributed by atoms with Crippen LogP contribution in [0, 0.1) is 32.1 Å². The lowest BCUT2D eigenvalue weighted by Gasteiger charge is -2.27. The van der Waals surface area contributed by atoms with Crippen LogP contribution in [0.4, 0.5) is 34.1 Å². The zero-order chi connectivity index (χ0) is 63.0. The van der Waals surface area contributed by atoms with Crippen LogP contribution in [-0.4, -0.2) is 178 Å². The number of hydrogen-bond acceptors (Lipinski definition) is 24. The molecule has 0 saturated heterocycles. The highest BCUT2D eigenvalue weighted by Crippen LogP contribution is 2.50. The topological polar surface area (TPSA) is 415 Å². The molecule has 39 heteroatoms. The Labute approximate surface area is 597 Å². The van der Waals surface area contributed by atoms with Crippen LogP contribution in [0.3, 0.4) is 0 Å². The maximum Gasteiger partial charge on any atom is 0.331 e. The lowest BCUT2D eigenvalue weighted by atomic mass is 10.2. The van der Waals surface area contributed by atoms with Crippen LogP contribution < -0.4 is 44.9 Å². The van der Waals surface area contributed by atoms with Gasteiger partial charge in [0.2, 0.25) is 19.2 Å². The average Bonchev–Trinajstić information content (AvgIpc) is 1.24. The fraction of sp³-hybridized carbons (Fsp3) is 0.333. The van der Waals surface area contributed by atoms with Crippen molar-refractivity contribution >= 4 is 292 Å². The summed E-state index contributed by atoms with van der Waals surface area (Å²) in [6.45, 7) is -2.78. The Balaban J connectivity index is 2.20. The van der Waals surface area contributed by atoms with E-state index in [2.05, 4.69) is 30.9 Å². The van der Waals surface area contributed by atoms with E-state index in [0.717, 1.165) is 35.5 Å². The van der Waals surface area contributed by atoms with Crippen molar-refractivity contribution in [3.63, 3.8) is 0 Å². The number of carbonyl (C=O) groups excluding carboxylic acids is 9. The third-order valence-electron chi connectivity index (χ3n) is 10.0. The van der Waals surface area contributed by atoms with E-state index in [9.17, 15) is 73.8 Å². The van der Waals surface area contributed by atoms with Gasteiger partial charge in [-0.15, -0.1) is 15.0 Å². The molecular weight excluding hydrogens is 2140 g/mol. The monoisotopic (exact) mass is 2190 g/mol. The molecule has 0 aliphatic rings. The third-order valence-corrected chi connectivity index (χ3v) is 19.3. The molecular formula is C45H42I9N9O21. The first-order valence-corrected chi connectivity index (χ1v) is 32.5. The van der Waals surface area contributed by atoms with Gasteiger partial charge in [0.05, 0.1) is 124 Å². The number of ether oxygens (including phenoxy) is 6. The molecule has 84 heavy (non-hydrogen) atoms. The van der Waals surface area contributed by atoms with Gasteiger partial charge in [-0.25, -0.2) is 0 Å². The van der Waals surface area contributed by atoms with Crippen LogP contribution in [0.2, 0.25) is 0 Å². The van der Waals surface area contributed by atoms with Crippen molar-refractivity contribution in [2.24, 2.45) is 0 Å². The maximum atomic E-state index is 13.3. The first-order valence-electron chi connectivity index (χ1n) is 22.8. The van der Waals surface area contributed by atoms with E-state index in [0.29, 0.717) is 19.2 Å². The van der Waals surface area contributed by atoms with E-state index >= 15 is 0 Å². The van der Waals surface area contributed by atoms with Crippen molar-refractivity contribution in [2.45, 2.75) is 39.1 Å². The van der Waals surface area contributed by atoms with Crippen molar-refractivity contribution < 1.29 is 102 Å². The molecule has 1 heterocycles. The first-order chi connectivity index (χ1) is 39.6. The average molecular weight is 2190 g/mol. The quantitative estimate of drug-likeness (QED) is 0.0153. The van der Waals surface area contributed by atoms with E-state index in [1.165, 1.54) is 0 Å². The number of benzene rings is 3. The van der Waals surface area contributed by atoms with Gasteiger partial charge in [-0.1, -0.05) is 0 Å². The molecule has 456 valence electrons. The summed E-state index contributed by atoms with van der Waals surface area (Å²) in [5.41, 5.74) is -0.0571. The number of aliphatic hydroxyl groups excluding tert-OH is 6. The number of rotatable bonds is 30. The Kier molecular flexibility index (Phi) is 31.0. The molecule has 6 amide bonds. The number of aromatic nitrogens is 3. The minimum Gasteiger partial charge on any atom is -0.456 e. The number of hydrogen-bond donors (Lipinski definition) is 9. The Morgan fingerprint density at radius 3 is 0.845 bits per heavy atom. The van der Waals surface area contributed by atoms with Crippen LogP contribution >= 0.6 is 203 Å². The molecule has 0 aliphatic heterocycles. The van der Waals surface area contributed by atoms with Crippen LogP contribution in [0.5, 0.6) is 35.3 Å². The highest BCUT2D eigenvalue weighted by Gasteiger charge is 2.33. The van der Waals surface area contributed by atoms with Gasteiger partial charge in [0.15, 0.2) is 37.1 Å². The van der Waals surface area contributed by atoms with Gasteiger partial charge in [-0.05, 0) is 203 Å². The Bertz CT molecular complexity index is 2870. The molecule has 0 radical (unpaired) electrons. The second-order valence-corrected chi connectivity index (χ2v) is 25.9. The van der Waals surface area contributed by atoms with Gasteiger partial charge in [0, 0.05) is 20.8 Å². The van der Waals surface area contributed by atoms with Crippen LogP contribution in [0.25, 0.3) is 0 Å². The number of halogens is 9. The standard InChI is InChI=1S/C45H42I9N9O21/c1-16(70)79-10-22(76)55-34-25(46)37(61(13-67)4-19(73)7-64)31(52)40(28(34)49)82-43-58-44(83-41-29(50)35(56-23(77)11-80-17(2)71)26(47)38(32(41)53)62(14-68)5-20(74)8-65)60-45(59-43)84-42-30(51)36(57-24(78)12-81-18(3)72)27(48)39(33(42)54)63(15-69)6-21(75)9-66/h13-15,19-21,64-66,73-75H,4-12H2,1-3H3,(H,55,76)(H,56,77)(H,57,78). The molecule has 3 aromatic carbocycles. The summed E-state index contributed by atoms with van der Waals surface area (Å²) in [6, 6.07) is -2.08. The van der Waals surface area contributed by atoms with E-state index in [4.69, 9.17) is 28.4 Å². The second-order valence-electron chi connectivity index (χ2n) is 16.2. The summed E-state index contributed by atoms with van der Waals surface area (Å²) in [7, 11) is 0. The summed E-state index contributed by atoms with van der Waals surface area (Å²) in [4.78, 5) is 130. The van der Waals surface area contributed by atoms with E-state index in [1.54, 1.807) is 136 Å². The molecule has 0 aliphatic carbocycles. The highest BCUT2D eigenvalue weighted by molar-refractivity contribution is 14.1. The highest BCUT2D eigenvalue weighted by atomic mass is 127.